The van der Waals surface area contributed by atoms with Gasteiger partial charge in [0.05, 0.1) is 26.5 Å². The van der Waals surface area contributed by atoms with Crippen LogP contribution in [0.3, 0.4) is 0 Å². The molecular formula is C19H25N3O3. The molecule has 0 spiro atoms. The molecule has 6 nitrogen and oxygen atoms in total. The van der Waals surface area contributed by atoms with Gasteiger partial charge < -0.3 is 20.3 Å². The van der Waals surface area contributed by atoms with Crippen molar-refractivity contribution in [1.82, 2.24) is 9.88 Å². The summed E-state index contributed by atoms with van der Waals surface area (Å²) in [7, 11) is 3.31. The minimum Gasteiger partial charge on any atom is -0.496 e. The zero-order valence-corrected chi connectivity index (χ0v) is 14.7. The standard InChI is InChI=1S/C19H25N3O3/c1-24-17-10-15(16-6-3-7-19(20)21-16)18(25-2)9-13(17)11-22-8-4-5-14(22)12-23/h3,6-7,9-10,14,23H,4-5,8,11-12H2,1-2H3,(H2,20,21)/t14-/m0/s1. The Balaban J connectivity index is 1.97. The predicted octanol–water partition coefficient (Wildman–Crippen LogP) is 2.30. The number of anilines is 1. The molecule has 25 heavy (non-hydrogen) atoms. The van der Waals surface area contributed by atoms with Gasteiger partial charge in [0.1, 0.15) is 17.3 Å². The van der Waals surface area contributed by atoms with Gasteiger partial charge in [0.2, 0.25) is 0 Å². The van der Waals surface area contributed by atoms with Crippen molar-refractivity contribution in [3.05, 3.63) is 35.9 Å². The lowest BCUT2D eigenvalue weighted by atomic mass is 10.0. The Hall–Kier alpha value is -2.31. The lowest BCUT2D eigenvalue weighted by Gasteiger charge is -2.24. The molecule has 2 heterocycles. The Morgan fingerprint density at radius 3 is 2.72 bits per heavy atom. The summed E-state index contributed by atoms with van der Waals surface area (Å²) >= 11 is 0. The van der Waals surface area contributed by atoms with Gasteiger partial charge in [0.15, 0.2) is 0 Å². The topological polar surface area (TPSA) is 80.8 Å². The van der Waals surface area contributed by atoms with Gasteiger partial charge in [-0.3, -0.25) is 4.90 Å². The number of rotatable bonds is 6. The molecule has 1 aliphatic rings. The zero-order valence-electron chi connectivity index (χ0n) is 14.7. The fourth-order valence-electron chi connectivity index (χ4n) is 3.42. The van der Waals surface area contributed by atoms with E-state index in [1.165, 1.54) is 0 Å². The summed E-state index contributed by atoms with van der Waals surface area (Å²) in [4.78, 5) is 6.67. The average Bonchev–Trinajstić information content (AvgIpc) is 3.08. The smallest absolute Gasteiger partial charge is 0.128 e. The van der Waals surface area contributed by atoms with Crippen LogP contribution in [0.5, 0.6) is 11.5 Å². The first-order valence-corrected chi connectivity index (χ1v) is 8.49. The van der Waals surface area contributed by atoms with Gasteiger partial charge in [-0.25, -0.2) is 4.98 Å². The van der Waals surface area contributed by atoms with Crippen LogP contribution in [-0.4, -0.2) is 48.4 Å². The van der Waals surface area contributed by atoms with E-state index in [9.17, 15) is 5.11 Å². The monoisotopic (exact) mass is 343 g/mol. The number of aromatic nitrogens is 1. The number of nitrogen functional groups attached to an aromatic ring is 1. The van der Waals surface area contributed by atoms with E-state index in [1.54, 1.807) is 20.3 Å². The van der Waals surface area contributed by atoms with E-state index in [1.807, 2.05) is 24.3 Å². The molecule has 1 fully saturated rings. The maximum Gasteiger partial charge on any atom is 0.128 e. The van der Waals surface area contributed by atoms with Gasteiger partial charge in [-0.1, -0.05) is 6.07 Å². The number of aliphatic hydroxyl groups is 1. The van der Waals surface area contributed by atoms with Crippen LogP contribution in [0.2, 0.25) is 0 Å². The number of methoxy groups -OCH3 is 2. The van der Waals surface area contributed by atoms with E-state index < -0.39 is 0 Å². The Labute approximate surface area is 148 Å². The molecule has 1 saturated heterocycles. The second kappa shape index (κ2) is 7.72. The van der Waals surface area contributed by atoms with Crippen molar-refractivity contribution in [2.24, 2.45) is 0 Å². The molecule has 1 atom stereocenters. The largest absolute Gasteiger partial charge is 0.496 e. The first kappa shape index (κ1) is 17.5. The molecule has 0 aliphatic carbocycles. The number of nitrogens with two attached hydrogens (primary N) is 1. The van der Waals surface area contributed by atoms with Crippen LogP contribution in [0, 0.1) is 0 Å². The fourth-order valence-corrected chi connectivity index (χ4v) is 3.42. The van der Waals surface area contributed by atoms with Crippen LogP contribution in [0.4, 0.5) is 5.82 Å². The number of benzene rings is 1. The molecule has 3 rings (SSSR count). The quantitative estimate of drug-likeness (QED) is 0.838. The van der Waals surface area contributed by atoms with E-state index in [2.05, 4.69) is 9.88 Å². The molecule has 6 heteroatoms. The molecule has 1 aromatic carbocycles. The van der Waals surface area contributed by atoms with Crippen molar-refractivity contribution >= 4 is 5.82 Å². The highest BCUT2D eigenvalue weighted by molar-refractivity contribution is 5.71. The lowest BCUT2D eigenvalue weighted by molar-refractivity contribution is 0.152. The summed E-state index contributed by atoms with van der Waals surface area (Å²) < 4.78 is 11.2. The lowest BCUT2D eigenvalue weighted by Crippen LogP contribution is -2.31. The molecule has 0 radical (unpaired) electrons. The van der Waals surface area contributed by atoms with Crippen LogP contribution in [0.25, 0.3) is 11.3 Å². The van der Waals surface area contributed by atoms with Crippen LogP contribution in [-0.2, 0) is 6.54 Å². The molecule has 0 bridgehead atoms. The van der Waals surface area contributed by atoms with E-state index in [0.717, 1.165) is 54.3 Å². The highest BCUT2D eigenvalue weighted by atomic mass is 16.5. The Kier molecular flexibility index (Phi) is 5.40. The number of likely N-dealkylation sites (tertiary alicyclic amines) is 1. The van der Waals surface area contributed by atoms with Crippen LogP contribution >= 0.6 is 0 Å². The summed E-state index contributed by atoms with van der Waals surface area (Å²) in [6.45, 7) is 1.88. The third-order valence-electron chi connectivity index (χ3n) is 4.73. The summed E-state index contributed by atoms with van der Waals surface area (Å²) in [6.07, 6.45) is 2.14. The molecule has 3 N–H and O–H groups in total. The van der Waals surface area contributed by atoms with Gasteiger partial charge >= 0.3 is 0 Å². The number of pyridine rings is 1. The van der Waals surface area contributed by atoms with Gasteiger partial charge in [-0.15, -0.1) is 0 Å². The average molecular weight is 343 g/mol. The molecule has 1 aromatic heterocycles. The van der Waals surface area contributed by atoms with Crippen molar-refractivity contribution in [1.29, 1.82) is 0 Å². The highest BCUT2D eigenvalue weighted by Gasteiger charge is 2.25. The molecule has 0 saturated carbocycles. The van der Waals surface area contributed by atoms with E-state index in [-0.39, 0.29) is 12.6 Å². The second-order valence-electron chi connectivity index (χ2n) is 6.26. The van der Waals surface area contributed by atoms with Crippen LogP contribution in [0.1, 0.15) is 18.4 Å². The van der Waals surface area contributed by atoms with Crippen molar-refractivity contribution < 1.29 is 14.6 Å². The van der Waals surface area contributed by atoms with E-state index in [4.69, 9.17) is 15.2 Å². The van der Waals surface area contributed by atoms with Crippen molar-refractivity contribution in [2.75, 3.05) is 33.1 Å². The third kappa shape index (κ3) is 3.70. The molecule has 0 amide bonds. The number of ether oxygens (including phenoxy) is 2. The molecule has 134 valence electrons. The van der Waals surface area contributed by atoms with Gasteiger partial charge in [-0.2, -0.15) is 0 Å². The minimum atomic E-state index is 0.185. The Morgan fingerprint density at radius 1 is 1.24 bits per heavy atom. The first-order chi connectivity index (χ1) is 12.2. The summed E-state index contributed by atoms with van der Waals surface area (Å²) in [5.41, 5.74) is 8.44. The molecular weight excluding hydrogens is 318 g/mol. The zero-order chi connectivity index (χ0) is 17.8. The normalized spacial score (nSPS) is 17.6. The predicted molar refractivity (Wildman–Crippen MR) is 97.7 cm³/mol. The van der Waals surface area contributed by atoms with Crippen molar-refractivity contribution in [3.8, 4) is 22.8 Å². The Bertz CT molecular complexity index is 736. The number of hydrogen-bond donors (Lipinski definition) is 2. The summed E-state index contributed by atoms with van der Waals surface area (Å²) in [5.74, 6) is 1.97. The second-order valence-corrected chi connectivity index (χ2v) is 6.26. The SMILES string of the molecule is COc1cc(-c2cccc(N)n2)c(OC)cc1CN1CCC[C@H]1CO. The van der Waals surface area contributed by atoms with Gasteiger partial charge in [-0.05, 0) is 43.7 Å². The Morgan fingerprint density at radius 2 is 2.04 bits per heavy atom. The maximum absolute atomic E-state index is 9.54. The number of aliphatic hydroxyl groups excluding tert-OH is 1. The fraction of sp³-hybridized carbons (Fsp3) is 0.421. The third-order valence-corrected chi connectivity index (χ3v) is 4.73. The molecule has 2 aromatic rings. The molecule has 1 aliphatic heterocycles. The summed E-state index contributed by atoms with van der Waals surface area (Å²) in [6, 6.07) is 9.67. The molecule has 0 unspecified atom stereocenters. The van der Waals surface area contributed by atoms with Gasteiger partial charge in [0, 0.05) is 23.7 Å². The summed E-state index contributed by atoms with van der Waals surface area (Å²) in [5, 5.41) is 9.54. The maximum atomic E-state index is 9.54. The van der Waals surface area contributed by atoms with E-state index in [0.29, 0.717) is 5.82 Å². The number of hydrogen-bond acceptors (Lipinski definition) is 6. The number of nitrogens with zero attached hydrogens (tertiary/aromatic N) is 2. The van der Waals surface area contributed by atoms with Gasteiger partial charge in [0.25, 0.3) is 0 Å². The highest BCUT2D eigenvalue weighted by Crippen LogP contribution is 2.37. The van der Waals surface area contributed by atoms with Crippen LogP contribution < -0.4 is 15.2 Å². The van der Waals surface area contributed by atoms with Crippen molar-refractivity contribution in [3.63, 3.8) is 0 Å². The van der Waals surface area contributed by atoms with Crippen molar-refractivity contribution in [2.45, 2.75) is 25.4 Å². The van der Waals surface area contributed by atoms with E-state index >= 15 is 0 Å². The minimum absolute atomic E-state index is 0.185. The van der Waals surface area contributed by atoms with Crippen LogP contribution in [0.15, 0.2) is 30.3 Å². The first-order valence-electron chi connectivity index (χ1n) is 8.49.